The average molecular weight is 381 g/mol. The largest absolute Gasteiger partial charge is 0.508 e. The van der Waals surface area contributed by atoms with Crippen LogP contribution in [-0.4, -0.2) is 25.7 Å². The fourth-order valence-corrected chi connectivity index (χ4v) is 3.52. The van der Waals surface area contributed by atoms with Crippen molar-refractivity contribution in [3.63, 3.8) is 0 Å². The van der Waals surface area contributed by atoms with E-state index < -0.39 is 0 Å². The van der Waals surface area contributed by atoms with Crippen molar-refractivity contribution in [2.24, 2.45) is 0 Å². The van der Waals surface area contributed by atoms with Crippen molar-refractivity contribution >= 4 is 16.7 Å². The van der Waals surface area contributed by atoms with E-state index in [1.54, 1.807) is 12.1 Å². The number of fused-ring (bicyclic) bond motifs is 1. The van der Waals surface area contributed by atoms with Gasteiger partial charge in [-0.05, 0) is 37.1 Å². The lowest BCUT2D eigenvalue weighted by atomic mass is 10.0. The molecule has 1 heterocycles. The topological polar surface area (TPSA) is 58.1 Å². The number of quaternary nitrogens is 1. The molecule has 0 fully saturated rings. The summed E-state index contributed by atoms with van der Waals surface area (Å²) in [6, 6.07) is 13.7. The lowest BCUT2D eigenvalue weighted by Gasteiger charge is -2.19. The van der Waals surface area contributed by atoms with Gasteiger partial charge in [-0.1, -0.05) is 19.1 Å². The Balaban J connectivity index is 1.89. The van der Waals surface area contributed by atoms with E-state index in [0.29, 0.717) is 5.58 Å². The zero-order valence-electron chi connectivity index (χ0n) is 17.1. The molecule has 0 radical (unpaired) electrons. The lowest BCUT2D eigenvalue weighted by molar-refractivity contribution is -0.925. The summed E-state index contributed by atoms with van der Waals surface area (Å²) in [5.41, 5.74) is 4.34. The molecule has 28 heavy (non-hydrogen) atoms. The normalized spacial score (nSPS) is 12.3. The van der Waals surface area contributed by atoms with Crippen LogP contribution in [0, 0.1) is 0 Å². The van der Waals surface area contributed by atoms with Crippen molar-refractivity contribution in [2.75, 3.05) is 25.5 Å². The number of aryl methyl sites for hydroxylation is 1. The fourth-order valence-electron chi connectivity index (χ4n) is 3.52. The summed E-state index contributed by atoms with van der Waals surface area (Å²) in [5, 5.41) is 11.0. The van der Waals surface area contributed by atoms with Crippen LogP contribution in [0.4, 0.5) is 5.69 Å². The van der Waals surface area contributed by atoms with Crippen molar-refractivity contribution in [1.82, 2.24) is 0 Å². The summed E-state index contributed by atoms with van der Waals surface area (Å²) in [4.78, 5) is 15.5. The maximum Gasteiger partial charge on any atom is 0.336 e. The van der Waals surface area contributed by atoms with Crippen molar-refractivity contribution in [2.45, 2.75) is 33.4 Å². The molecule has 0 saturated carbocycles. The zero-order valence-corrected chi connectivity index (χ0v) is 17.1. The second kappa shape index (κ2) is 8.48. The zero-order chi connectivity index (χ0) is 20.3. The minimum absolute atomic E-state index is 0.177. The number of phenols is 1. The first-order valence-electron chi connectivity index (χ1n) is 9.79. The van der Waals surface area contributed by atoms with Crippen LogP contribution in [0.3, 0.4) is 0 Å². The van der Waals surface area contributed by atoms with E-state index in [-0.39, 0.29) is 11.4 Å². The standard InChI is InChI=1S/C23H28N2O3/c1-5-17-11-20-18(12-23(27)28-22(20)13-21(17)26)15-25(6-2)14-16-7-9-19(10-8-16)24(3)4/h7-13,26H,5-6,14-15H2,1-4H3/p+1. The van der Waals surface area contributed by atoms with Gasteiger partial charge in [-0.15, -0.1) is 0 Å². The van der Waals surface area contributed by atoms with E-state index in [9.17, 15) is 9.90 Å². The molecule has 3 aromatic rings. The van der Waals surface area contributed by atoms with Crippen molar-refractivity contribution in [3.05, 3.63) is 69.6 Å². The van der Waals surface area contributed by atoms with E-state index in [2.05, 4.69) is 36.1 Å². The van der Waals surface area contributed by atoms with Crippen molar-refractivity contribution < 1.29 is 14.4 Å². The molecule has 0 aliphatic heterocycles. The quantitative estimate of drug-likeness (QED) is 0.618. The molecule has 5 nitrogen and oxygen atoms in total. The Bertz CT molecular complexity index is 1010. The highest BCUT2D eigenvalue weighted by molar-refractivity contribution is 5.82. The maximum atomic E-state index is 12.0. The number of hydrogen-bond acceptors (Lipinski definition) is 4. The minimum atomic E-state index is -0.378. The minimum Gasteiger partial charge on any atom is -0.508 e. The average Bonchev–Trinajstić information content (AvgIpc) is 2.67. The molecule has 2 N–H and O–H groups in total. The molecule has 0 saturated heterocycles. The third-order valence-electron chi connectivity index (χ3n) is 5.26. The predicted octanol–water partition coefficient (Wildman–Crippen LogP) is 2.73. The molecule has 0 amide bonds. The van der Waals surface area contributed by atoms with Gasteiger partial charge in [0.15, 0.2) is 0 Å². The smallest absolute Gasteiger partial charge is 0.336 e. The predicted molar refractivity (Wildman–Crippen MR) is 113 cm³/mol. The number of benzene rings is 2. The number of aromatic hydroxyl groups is 1. The van der Waals surface area contributed by atoms with Gasteiger partial charge < -0.3 is 19.3 Å². The van der Waals surface area contributed by atoms with Crippen LogP contribution in [0.2, 0.25) is 0 Å². The molecule has 2 aromatic carbocycles. The summed E-state index contributed by atoms with van der Waals surface area (Å²) < 4.78 is 5.32. The van der Waals surface area contributed by atoms with E-state index in [1.165, 1.54) is 16.2 Å². The van der Waals surface area contributed by atoms with Crippen LogP contribution in [0.5, 0.6) is 5.75 Å². The van der Waals surface area contributed by atoms with Crippen LogP contribution in [0.1, 0.15) is 30.5 Å². The van der Waals surface area contributed by atoms with Gasteiger partial charge >= 0.3 is 5.63 Å². The molecular weight excluding hydrogens is 352 g/mol. The molecule has 3 rings (SSSR count). The number of nitrogens with zero attached hydrogens (tertiary/aromatic N) is 1. The molecule has 0 aliphatic carbocycles. The lowest BCUT2D eigenvalue weighted by Crippen LogP contribution is -3.09. The summed E-state index contributed by atoms with van der Waals surface area (Å²) in [6.45, 7) is 6.70. The van der Waals surface area contributed by atoms with Crippen LogP contribution in [0.15, 0.2) is 51.7 Å². The number of nitrogens with one attached hydrogen (secondary N) is 1. The van der Waals surface area contributed by atoms with Gasteiger partial charge in [0.2, 0.25) is 0 Å². The Morgan fingerprint density at radius 1 is 1.00 bits per heavy atom. The monoisotopic (exact) mass is 381 g/mol. The highest BCUT2D eigenvalue weighted by Gasteiger charge is 2.15. The van der Waals surface area contributed by atoms with Crippen LogP contribution in [0.25, 0.3) is 11.0 Å². The molecule has 0 spiro atoms. The van der Waals surface area contributed by atoms with Gasteiger partial charge in [-0.3, -0.25) is 0 Å². The maximum absolute atomic E-state index is 12.0. The second-order valence-electron chi connectivity index (χ2n) is 7.44. The molecule has 1 unspecified atom stereocenters. The Morgan fingerprint density at radius 2 is 1.71 bits per heavy atom. The molecule has 0 bridgehead atoms. The number of hydrogen-bond donors (Lipinski definition) is 2. The van der Waals surface area contributed by atoms with Gasteiger partial charge in [-0.25, -0.2) is 4.79 Å². The van der Waals surface area contributed by atoms with Gasteiger partial charge in [-0.2, -0.15) is 0 Å². The SMILES string of the molecule is CCc1cc2c(C[NH+](CC)Cc3ccc(N(C)C)cc3)cc(=O)oc2cc1O. The first kappa shape index (κ1) is 20.0. The fraction of sp³-hybridized carbons (Fsp3) is 0.348. The number of rotatable bonds is 7. The van der Waals surface area contributed by atoms with Gasteiger partial charge in [0.05, 0.1) is 6.54 Å². The van der Waals surface area contributed by atoms with E-state index in [0.717, 1.165) is 42.6 Å². The first-order chi connectivity index (χ1) is 13.4. The number of phenolic OH excluding ortho intramolecular Hbond substituents is 1. The summed E-state index contributed by atoms with van der Waals surface area (Å²) in [6.07, 6.45) is 0.725. The van der Waals surface area contributed by atoms with Crippen molar-refractivity contribution in [1.29, 1.82) is 0 Å². The molecule has 1 aromatic heterocycles. The van der Waals surface area contributed by atoms with E-state index in [1.807, 2.05) is 27.1 Å². The highest BCUT2D eigenvalue weighted by Crippen LogP contribution is 2.26. The number of anilines is 1. The van der Waals surface area contributed by atoms with E-state index >= 15 is 0 Å². The Kier molecular flexibility index (Phi) is 6.05. The summed E-state index contributed by atoms with van der Waals surface area (Å²) >= 11 is 0. The highest BCUT2D eigenvalue weighted by atomic mass is 16.4. The van der Waals surface area contributed by atoms with Crippen LogP contribution in [-0.2, 0) is 19.5 Å². The van der Waals surface area contributed by atoms with E-state index in [4.69, 9.17) is 4.42 Å². The molecule has 0 aliphatic rings. The third-order valence-corrected chi connectivity index (χ3v) is 5.26. The Morgan fingerprint density at radius 3 is 2.32 bits per heavy atom. The third kappa shape index (κ3) is 4.37. The molecule has 5 heteroatoms. The molecule has 148 valence electrons. The Hall–Kier alpha value is -2.79. The molecular formula is C23H29N2O3+. The molecule has 1 atom stereocenters. The Labute approximate surface area is 165 Å². The van der Waals surface area contributed by atoms with Gasteiger partial charge in [0.25, 0.3) is 0 Å². The van der Waals surface area contributed by atoms with Crippen LogP contribution < -0.4 is 15.4 Å². The summed E-state index contributed by atoms with van der Waals surface area (Å²) in [5.74, 6) is 0.177. The summed E-state index contributed by atoms with van der Waals surface area (Å²) in [7, 11) is 4.07. The van der Waals surface area contributed by atoms with Crippen molar-refractivity contribution in [3.8, 4) is 5.75 Å². The first-order valence-corrected chi connectivity index (χ1v) is 9.79. The van der Waals surface area contributed by atoms with Crippen LogP contribution >= 0.6 is 0 Å². The van der Waals surface area contributed by atoms with Gasteiger partial charge in [0, 0.05) is 48.4 Å². The van der Waals surface area contributed by atoms with Gasteiger partial charge in [0.1, 0.15) is 24.4 Å². The second-order valence-corrected chi connectivity index (χ2v) is 7.44.